The first-order chi connectivity index (χ1) is 14.1. The first-order valence-corrected chi connectivity index (χ1v) is 10.9. The van der Waals surface area contributed by atoms with Gasteiger partial charge < -0.3 is 10.1 Å². The van der Waals surface area contributed by atoms with Gasteiger partial charge in [0, 0.05) is 5.39 Å². The van der Waals surface area contributed by atoms with Crippen LogP contribution in [0.1, 0.15) is 22.8 Å². The summed E-state index contributed by atoms with van der Waals surface area (Å²) in [5.41, 5.74) is 3.23. The Labute approximate surface area is 175 Å². The van der Waals surface area contributed by atoms with Crippen molar-refractivity contribution in [3.05, 3.63) is 52.9 Å². The van der Waals surface area contributed by atoms with E-state index in [1.165, 1.54) is 23.1 Å². The number of aromatic nitrogens is 3. The number of anilines is 1. The Kier molecular flexibility index (Phi) is 5.50. The number of carbonyl (C=O) groups excluding carboxylic acids is 2. The van der Waals surface area contributed by atoms with Crippen molar-refractivity contribution in [3.63, 3.8) is 0 Å². The molecule has 0 aliphatic rings. The molecule has 1 aromatic carbocycles. The molecule has 3 aromatic heterocycles. The Morgan fingerprint density at radius 3 is 2.90 bits per heavy atom. The molecule has 0 radical (unpaired) electrons. The molecule has 0 unspecified atom stereocenters. The molecule has 0 saturated heterocycles. The maximum atomic E-state index is 12.5. The van der Waals surface area contributed by atoms with Gasteiger partial charge in [-0.15, -0.1) is 21.5 Å². The Balaban J connectivity index is 1.52. The van der Waals surface area contributed by atoms with Crippen LogP contribution in [-0.4, -0.2) is 38.8 Å². The molecule has 0 aliphatic carbocycles. The average Bonchev–Trinajstić information content (AvgIpc) is 3.34. The van der Waals surface area contributed by atoms with E-state index in [1.54, 1.807) is 18.4 Å². The number of hydrogen-bond donors (Lipinski definition) is 1. The predicted molar refractivity (Wildman–Crippen MR) is 115 cm³/mol. The summed E-state index contributed by atoms with van der Waals surface area (Å²) in [7, 11) is 0. The lowest BCUT2D eigenvalue weighted by Crippen LogP contribution is -2.16. The summed E-state index contributed by atoms with van der Waals surface area (Å²) in [4.78, 5) is 24.4. The fraction of sp³-hybridized carbons (Fsp3) is 0.200. The summed E-state index contributed by atoms with van der Waals surface area (Å²) < 4.78 is 6.97. The van der Waals surface area contributed by atoms with Crippen molar-refractivity contribution in [2.75, 3.05) is 17.7 Å². The Morgan fingerprint density at radius 1 is 1.24 bits per heavy atom. The van der Waals surface area contributed by atoms with Crippen LogP contribution < -0.4 is 5.32 Å². The van der Waals surface area contributed by atoms with Crippen molar-refractivity contribution in [2.45, 2.75) is 19.0 Å². The van der Waals surface area contributed by atoms with E-state index < -0.39 is 5.97 Å². The number of esters is 1. The summed E-state index contributed by atoms with van der Waals surface area (Å²) >= 11 is 2.58. The normalized spacial score (nSPS) is 11.1. The molecular formula is C20H18N4O3S2. The van der Waals surface area contributed by atoms with E-state index in [-0.39, 0.29) is 18.3 Å². The van der Waals surface area contributed by atoms with Gasteiger partial charge in [-0.1, -0.05) is 30.0 Å². The number of amides is 1. The molecule has 1 amide bonds. The summed E-state index contributed by atoms with van der Waals surface area (Å²) in [6, 6.07) is 11.7. The van der Waals surface area contributed by atoms with E-state index in [1.807, 2.05) is 35.6 Å². The highest BCUT2D eigenvalue weighted by atomic mass is 32.2. The topological polar surface area (TPSA) is 85.6 Å². The van der Waals surface area contributed by atoms with E-state index >= 15 is 0 Å². The van der Waals surface area contributed by atoms with Crippen LogP contribution in [0, 0.1) is 6.92 Å². The van der Waals surface area contributed by atoms with E-state index in [0.29, 0.717) is 15.7 Å². The molecule has 7 nitrogen and oxygen atoms in total. The third-order valence-electron chi connectivity index (χ3n) is 4.32. The minimum absolute atomic E-state index is 0.142. The van der Waals surface area contributed by atoms with Gasteiger partial charge in [0.1, 0.15) is 5.00 Å². The number of aryl methyl sites for hydroxylation is 1. The number of thiophene rings is 1. The van der Waals surface area contributed by atoms with Gasteiger partial charge in [-0.2, -0.15) is 0 Å². The molecule has 0 spiro atoms. The van der Waals surface area contributed by atoms with E-state index in [2.05, 4.69) is 21.6 Å². The zero-order chi connectivity index (χ0) is 20.4. The van der Waals surface area contributed by atoms with Crippen molar-refractivity contribution in [1.29, 1.82) is 0 Å². The SMILES string of the molecule is CCOC(=O)c1ccsc1NC(=O)CSc1nnc2cc(C)c3ccccc3n12. The number of rotatable bonds is 6. The lowest BCUT2D eigenvalue weighted by molar-refractivity contribution is -0.113. The van der Waals surface area contributed by atoms with E-state index in [0.717, 1.165) is 22.1 Å². The van der Waals surface area contributed by atoms with Gasteiger partial charge >= 0.3 is 5.97 Å². The lowest BCUT2D eigenvalue weighted by Gasteiger charge is -2.08. The molecular weight excluding hydrogens is 408 g/mol. The number of ether oxygens (including phenoxy) is 1. The van der Waals surface area contributed by atoms with Crippen molar-refractivity contribution < 1.29 is 14.3 Å². The minimum Gasteiger partial charge on any atom is -0.462 e. The molecule has 0 fully saturated rings. The van der Waals surface area contributed by atoms with Gasteiger partial charge in [0.25, 0.3) is 0 Å². The quantitative estimate of drug-likeness (QED) is 0.368. The van der Waals surface area contributed by atoms with Crippen LogP contribution in [0.3, 0.4) is 0 Å². The van der Waals surface area contributed by atoms with Crippen LogP contribution >= 0.6 is 23.1 Å². The van der Waals surface area contributed by atoms with Crippen molar-refractivity contribution >= 4 is 56.5 Å². The zero-order valence-corrected chi connectivity index (χ0v) is 17.5. The van der Waals surface area contributed by atoms with E-state index in [9.17, 15) is 9.59 Å². The molecule has 3 heterocycles. The number of para-hydroxylation sites is 1. The van der Waals surface area contributed by atoms with Gasteiger partial charge in [-0.3, -0.25) is 9.20 Å². The van der Waals surface area contributed by atoms with Crippen molar-refractivity contribution in [2.24, 2.45) is 0 Å². The first kappa shape index (κ1) is 19.4. The monoisotopic (exact) mass is 426 g/mol. The Morgan fingerprint density at radius 2 is 2.07 bits per heavy atom. The second kappa shape index (κ2) is 8.22. The maximum Gasteiger partial charge on any atom is 0.341 e. The summed E-state index contributed by atoms with van der Waals surface area (Å²) in [6.45, 7) is 4.07. The van der Waals surface area contributed by atoms with Crippen molar-refractivity contribution in [3.8, 4) is 0 Å². The summed E-state index contributed by atoms with van der Waals surface area (Å²) in [5.74, 6) is -0.526. The van der Waals surface area contributed by atoms with Gasteiger partial charge in [0.15, 0.2) is 10.8 Å². The molecule has 148 valence electrons. The molecule has 0 aliphatic heterocycles. The van der Waals surface area contributed by atoms with Crippen LogP contribution in [0.2, 0.25) is 0 Å². The minimum atomic E-state index is -0.443. The number of nitrogens with one attached hydrogen (secondary N) is 1. The van der Waals surface area contributed by atoms with Crippen LogP contribution in [-0.2, 0) is 9.53 Å². The number of thioether (sulfide) groups is 1. The molecule has 29 heavy (non-hydrogen) atoms. The van der Waals surface area contributed by atoms with Gasteiger partial charge in [-0.25, -0.2) is 4.79 Å². The molecule has 4 rings (SSSR count). The molecule has 9 heteroatoms. The van der Waals surface area contributed by atoms with Gasteiger partial charge in [-0.05, 0) is 43.0 Å². The number of nitrogens with zero attached hydrogens (tertiary/aromatic N) is 3. The molecule has 1 N–H and O–H groups in total. The predicted octanol–water partition coefficient (Wildman–Crippen LogP) is 4.16. The Hall–Kier alpha value is -2.91. The third-order valence-corrected chi connectivity index (χ3v) is 6.08. The highest BCUT2D eigenvalue weighted by Crippen LogP contribution is 2.27. The van der Waals surface area contributed by atoms with Crippen LogP contribution in [0.5, 0.6) is 0 Å². The number of hydrogen-bond acceptors (Lipinski definition) is 7. The molecule has 4 aromatic rings. The molecule has 0 saturated carbocycles. The highest BCUT2D eigenvalue weighted by Gasteiger charge is 2.17. The second-order valence-electron chi connectivity index (χ2n) is 6.24. The molecule has 0 atom stereocenters. The Bertz CT molecular complexity index is 1220. The molecule has 0 bridgehead atoms. The number of pyridine rings is 1. The number of benzene rings is 1. The largest absolute Gasteiger partial charge is 0.462 e. The van der Waals surface area contributed by atoms with Gasteiger partial charge in [0.05, 0.1) is 23.4 Å². The van der Waals surface area contributed by atoms with Crippen molar-refractivity contribution in [1.82, 2.24) is 14.6 Å². The van der Waals surface area contributed by atoms with Crippen LogP contribution in [0.15, 0.2) is 46.9 Å². The fourth-order valence-electron chi connectivity index (χ4n) is 3.04. The zero-order valence-electron chi connectivity index (χ0n) is 15.8. The highest BCUT2D eigenvalue weighted by molar-refractivity contribution is 7.99. The second-order valence-corrected chi connectivity index (χ2v) is 8.10. The number of fused-ring (bicyclic) bond motifs is 3. The summed E-state index contributed by atoms with van der Waals surface area (Å²) in [5, 5.41) is 15.3. The average molecular weight is 427 g/mol. The van der Waals surface area contributed by atoms with Gasteiger partial charge in [0.2, 0.25) is 5.91 Å². The number of carbonyl (C=O) groups is 2. The maximum absolute atomic E-state index is 12.5. The van der Waals surface area contributed by atoms with Crippen LogP contribution in [0.25, 0.3) is 16.6 Å². The standard InChI is InChI=1S/C20H18N4O3S2/c1-3-27-19(26)14-8-9-28-18(14)21-17(25)11-29-20-23-22-16-10-12(2)13-6-4-5-7-15(13)24(16)20/h4-10H,3,11H2,1-2H3,(H,21,25). The van der Waals surface area contributed by atoms with E-state index in [4.69, 9.17) is 4.74 Å². The fourth-order valence-corrected chi connectivity index (χ4v) is 4.58. The van der Waals surface area contributed by atoms with Crippen LogP contribution in [0.4, 0.5) is 5.00 Å². The smallest absolute Gasteiger partial charge is 0.341 e. The lowest BCUT2D eigenvalue weighted by atomic mass is 10.1. The summed E-state index contributed by atoms with van der Waals surface area (Å²) in [6.07, 6.45) is 0. The third kappa shape index (κ3) is 3.83. The first-order valence-electron chi connectivity index (χ1n) is 8.99.